The lowest BCUT2D eigenvalue weighted by Crippen LogP contribution is -2.43. The number of aromatic nitrogens is 1. The standard InChI is InChI=1S/C12H15BrN2.C8H18.3ClH/c13-11-6-10(7-14-8-11)12-5-9-1-3-15(12)4-2-9;1-3-5-7-8-6-4-2;;;/h6-9,12H,1-5H2;3-8H2,1-2H3;3*1H. The Bertz CT molecular complexity index is 448. The third kappa shape index (κ3) is 9.59. The van der Waals surface area contributed by atoms with Crippen LogP contribution in [0.3, 0.4) is 0 Å². The Labute approximate surface area is 187 Å². The van der Waals surface area contributed by atoms with Crippen LogP contribution in [0.5, 0.6) is 0 Å². The Hall–Kier alpha value is 0.460. The molecule has 3 fully saturated rings. The zero-order valence-corrected chi connectivity index (χ0v) is 20.2. The first kappa shape index (κ1) is 28.7. The fraction of sp³-hybridized carbons (Fsp3) is 0.750. The number of rotatable bonds is 6. The first-order valence-electron chi connectivity index (χ1n) is 9.59. The lowest BCUT2D eigenvalue weighted by atomic mass is 9.81. The van der Waals surface area contributed by atoms with E-state index in [0.717, 1.165) is 10.4 Å². The van der Waals surface area contributed by atoms with Gasteiger partial charge in [0.1, 0.15) is 0 Å². The summed E-state index contributed by atoms with van der Waals surface area (Å²) in [5.41, 5.74) is 1.38. The van der Waals surface area contributed by atoms with Crippen molar-refractivity contribution >= 4 is 53.2 Å². The number of pyridine rings is 1. The van der Waals surface area contributed by atoms with E-state index < -0.39 is 0 Å². The molecule has 6 heteroatoms. The first-order valence-corrected chi connectivity index (χ1v) is 10.4. The van der Waals surface area contributed by atoms with Gasteiger partial charge in [-0.2, -0.15) is 0 Å². The zero-order chi connectivity index (χ0) is 16.5. The molecule has 3 aliphatic rings. The van der Waals surface area contributed by atoms with E-state index in [1.807, 2.05) is 12.4 Å². The zero-order valence-electron chi connectivity index (χ0n) is 16.2. The van der Waals surface area contributed by atoms with Gasteiger partial charge in [0.25, 0.3) is 0 Å². The number of nitrogens with zero attached hydrogens (tertiary/aromatic N) is 2. The molecule has 1 atom stereocenters. The number of hydrogen-bond donors (Lipinski definition) is 0. The second-order valence-electron chi connectivity index (χ2n) is 7.08. The SMILES string of the molecule is Brc1cncc(C2CC3CCN2CC3)c1.CCCCCCCC.Cl.Cl.Cl. The van der Waals surface area contributed by atoms with E-state index in [4.69, 9.17) is 0 Å². The van der Waals surface area contributed by atoms with Gasteiger partial charge < -0.3 is 0 Å². The maximum Gasteiger partial charge on any atom is 0.0410 e. The van der Waals surface area contributed by atoms with Crippen LogP contribution in [-0.2, 0) is 0 Å². The lowest BCUT2D eigenvalue weighted by Gasteiger charge is -2.45. The van der Waals surface area contributed by atoms with Crippen LogP contribution in [0, 0.1) is 5.92 Å². The summed E-state index contributed by atoms with van der Waals surface area (Å²) in [4.78, 5) is 6.88. The van der Waals surface area contributed by atoms with Crippen molar-refractivity contribution in [2.24, 2.45) is 5.92 Å². The molecule has 1 aromatic rings. The minimum absolute atomic E-state index is 0. The molecule has 0 radical (unpaired) electrons. The minimum Gasteiger partial charge on any atom is -0.296 e. The average Bonchev–Trinajstić information content (AvgIpc) is 2.60. The topological polar surface area (TPSA) is 16.1 Å². The third-order valence-corrected chi connectivity index (χ3v) is 5.65. The molecule has 1 unspecified atom stereocenters. The maximum atomic E-state index is 4.27. The van der Waals surface area contributed by atoms with E-state index in [-0.39, 0.29) is 37.2 Å². The van der Waals surface area contributed by atoms with Gasteiger partial charge in [-0.05, 0) is 65.8 Å². The van der Waals surface area contributed by atoms with Crippen LogP contribution in [0.2, 0.25) is 0 Å². The van der Waals surface area contributed by atoms with E-state index in [2.05, 4.69) is 45.7 Å². The van der Waals surface area contributed by atoms with Crippen molar-refractivity contribution in [3.8, 4) is 0 Å². The molecule has 4 rings (SSSR count). The Morgan fingerprint density at radius 3 is 1.96 bits per heavy atom. The Morgan fingerprint density at radius 2 is 1.54 bits per heavy atom. The summed E-state index contributed by atoms with van der Waals surface area (Å²) < 4.78 is 1.10. The molecule has 154 valence electrons. The van der Waals surface area contributed by atoms with Crippen LogP contribution in [0.4, 0.5) is 0 Å². The third-order valence-electron chi connectivity index (χ3n) is 5.21. The molecule has 26 heavy (non-hydrogen) atoms. The fourth-order valence-corrected chi connectivity index (χ4v) is 4.16. The predicted molar refractivity (Wildman–Crippen MR) is 124 cm³/mol. The number of halogens is 4. The monoisotopic (exact) mass is 488 g/mol. The molecule has 4 heterocycles. The van der Waals surface area contributed by atoms with Crippen molar-refractivity contribution in [1.82, 2.24) is 9.88 Å². The molecule has 0 saturated carbocycles. The van der Waals surface area contributed by atoms with E-state index in [1.165, 1.54) is 76.4 Å². The van der Waals surface area contributed by atoms with E-state index in [0.29, 0.717) is 6.04 Å². The van der Waals surface area contributed by atoms with Crippen molar-refractivity contribution < 1.29 is 0 Å². The van der Waals surface area contributed by atoms with Crippen LogP contribution < -0.4 is 0 Å². The number of hydrogen-bond acceptors (Lipinski definition) is 2. The van der Waals surface area contributed by atoms with Gasteiger partial charge in [0, 0.05) is 22.9 Å². The summed E-state index contributed by atoms with van der Waals surface area (Å²) >= 11 is 3.50. The molecule has 1 aromatic heterocycles. The van der Waals surface area contributed by atoms with Crippen molar-refractivity contribution in [2.75, 3.05) is 13.1 Å². The summed E-state index contributed by atoms with van der Waals surface area (Å²) in [7, 11) is 0. The second-order valence-corrected chi connectivity index (χ2v) is 8.00. The minimum atomic E-state index is 0. The Morgan fingerprint density at radius 1 is 0.962 bits per heavy atom. The number of unbranched alkanes of at least 4 members (excludes halogenated alkanes) is 5. The van der Waals surface area contributed by atoms with Crippen molar-refractivity contribution in [3.05, 3.63) is 28.5 Å². The van der Waals surface area contributed by atoms with Gasteiger partial charge in [-0.15, -0.1) is 37.2 Å². The molecule has 2 bridgehead atoms. The predicted octanol–water partition coefficient (Wildman–Crippen LogP) is 7.63. The van der Waals surface area contributed by atoms with Crippen LogP contribution in [0.15, 0.2) is 22.9 Å². The van der Waals surface area contributed by atoms with Crippen LogP contribution >= 0.6 is 53.2 Å². The molecule has 3 aliphatic heterocycles. The highest BCUT2D eigenvalue weighted by atomic mass is 79.9. The van der Waals surface area contributed by atoms with Gasteiger partial charge in [0.2, 0.25) is 0 Å². The first-order chi connectivity index (χ1) is 11.2. The molecular formula is C20H36BrCl3N2. The van der Waals surface area contributed by atoms with Crippen molar-refractivity contribution in [1.29, 1.82) is 0 Å². The molecular weight excluding hydrogens is 454 g/mol. The van der Waals surface area contributed by atoms with Crippen LogP contribution in [-0.4, -0.2) is 23.0 Å². The maximum absolute atomic E-state index is 4.27. The van der Waals surface area contributed by atoms with Gasteiger partial charge in [-0.1, -0.05) is 52.4 Å². The summed E-state index contributed by atoms with van der Waals surface area (Å²) in [6, 6.07) is 2.85. The highest BCUT2D eigenvalue weighted by Gasteiger charge is 2.34. The average molecular weight is 491 g/mol. The van der Waals surface area contributed by atoms with E-state index in [9.17, 15) is 0 Å². The molecule has 0 aromatic carbocycles. The highest BCUT2D eigenvalue weighted by Crippen LogP contribution is 2.40. The lowest BCUT2D eigenvalue weighted by molar-refractivity contribution is 0.0488. The summed E-state index contributed by atoms with van der Waals surface area (Å²) in [6.45, 7) is 7.07. The molecule has 0 spiro atoms. The van der Waals surface area contributed by atoms with E-state index in [1.54, 1.807) is 0 Å². The molecule has 0 aliphatic carbocycles. The number of fused-ring (bicyclic) bond motifs is 3. The smallest absolute Gasteiger partial charge is 0.0410 e. The van der Waals surface area contributed by atoms with Gasteiger partial charge in [-0.3, -0.25) is 9.88 Å². The Kier molecular flexibility index (Phi) is 18.1. The van der Waals surface area contributed by atoms with Gasteiger partial charge >= 0.3 is 0 Å². The summed E-state index contributed by atoms with van der Waals surface area (Å²) in [5.74, 6) is 0.957. The van der Waals surface area contributed by atoms with Gasteiger partial charge in [0.05, 0.1) is 0 Å². The van der Waals surface area contributed by atoms with Crippen LogP contribution in [0.25, 0.3) is 0 Å². The normalized spacial score (nSPS) is 22.8. The highest BCUT2D eigenvalue weighted by molar-refractivity contribution is 9.10. The van der Waals surface area contributed by atoms with Crippen LogP contribution in [0.1, 0.15) is 83.2 Å². The van der Waals surface area contributed by atoms with Crippen molar-refractivity contribution in [3.63, 3.8) is 0 Å². The quantitative estimate of drug-likeness (QED) is 0.381. The van der Waals surface area contributed by atoms with Gasteiger partial charge in [-0.25, -0.2) is 0 Å². The van der Waals surface area contributed by atoms with E-state index >= 15 is 0 Å². The second kappa shape index (κ2) is 16.4. The summed E-state index contributed by atoms with van der Waals surface area (Å²) in [5, 5.41) is 0. The fourth-order valence-electron chi connectivity index (χ4n) is 3.78. The molecule has 0 N–H and O–H groups in total. The van der Waals surface area contributed by atoms with Gasteiger partial charge in [0.15, 0.2) is 0 Å². The van der Waals surface area contributed by atoms with Crippen molar-refractivity contribution in [2.45, 2.75) is 77.7 Å². The molecule has 2 nitrogen and oxygen atoms in total. The largest absolute Gasteiger partial charge is 0.296 e. The molecule has 0 amide bonds. The summed E-state index contributed by atoms with van der Waals surface area (Å²) in [6.07, 6.45) is 16.5. The number of piperidine rings is 3. The molecule has 3 saturated heterocycles. The Balaban J connectivity index is 0.